The maximum absolute atomic E-state index is 13.1. The van der Waals surface area contributed by atoms with Gasteiger partial charge in [-0.1, -0.05) is 0 Å². The van der Waals surface area contributed by atoms with Gasteiger partial charge in [0, 0.05) is 17.0 Å². The first kappa shape index (κ1) is 8.47. The van der Waals surface area contributed by atoms with Crippen LogP contribution in [-0.4, -0.2) is 10.2 Å². The molecule has 0 aliphatic rings. The molecule has 0 spiro atoms. The number of aliphatic hydroxyl groups excluding tert-OH is 1. The van der Waals surface area contributed by atoms with Crippen LogP contribution in [0.1, 0.15) is 5.56 Å². The van der Waals surface area contributed by atoms with Crippen LogP contribution in [0.5, 0.6) is 5.75 Å². The van der Waals surface area contributed by atoms with Gasteiger partial charge in [-0.25, -0.2) is 4.39 Å². The molecule has 68 valence electrons. The summed E-state index contributed by atoms with van der Waals surface area (Å²) in [5.74, 6) is -0.634. The van der Waals surface area contributed by atoms with E-state index in [1.807, 2.05) is 0 Å². The molecule has 2 rings (SSSR count). The summed E-state index contributed by atoms with van der Waals surface area (Å²) in [4.78, 5) is 0. The number of aliphatic hydroxyl groups is 1. The second-order valence-corrected chi connectivity index (χ2v) is 3.59. The van der Waals surface area contributed by atoms with Crippen molar-refractivity contribution in [2.45, 2.75) is 6.61 Å². The van der Waals surface area contributed by atoms with Crippen molar-refractivity contribution in [2.24, 2.45) is 0 Å². The molecule has 1 heterocycles. The van der Waals surface area contributed by atoms with Crippen LogP contribution in [0.25, 0.3) is 10.1 Å². The molecule has 0 atom stereocenters. The average Bonchev–Trinajstić information content (AvgIpc) is 2.53. The van der Waals surface area contributed by atoms with Crippen LogP contribution in [0.4, 0.5) is 4.39 Å². The Balaban J connectivity index is 2.88. The minimum atomic E-state index is -0.564. The molecule has 2 N–H and O–H groups in total. The predicted octanol–water partition coefficient (Wildman–Crippen LogP) is 2.24. The first-order chi connectivity index (χ1) is 6.24. The molecule has 0 radical (unpaired) electrons. The Morgan fingerprint density at radius 1 is 1.46 bits per heavy atom. The number of benzene rings is 1. The Bertz CT molecular complexity index is 450. The van der Waals surface area contributed by atoms with Crippen LogP contribution in [0.2, 0.25) is 0 Å². The summed E-state index contributed by atoms with van der Waals surface area (Å²) in [6.45, 7) is -0.348. The van der Waals surface area contributed by atoms with E-state index < -0.39 is 5.82 Å². The smallest absolute Gasteiger partial charge is 0.136 e. The van der Waals surface area contributed by atoms with Gasteiger partial charge in [0.2, 0.25) is 0 Å². The largest absolute Gasteiger partial charge is 0.506 e. The molecule has 0 saturated heterocycles. The van der Waals surface area contributed by atoms with E-state index >= 15 is 0 Å². The molecule has 13 heavy (non-hydrogen) atoms. The highest BCUT2D eigenvalue weighted by molar-refractivity contribution is 7.17. The molecule has 0 unspecified atom stereocenters. The lowest BCUT2D eigenvalue weighted by Crippen LogP contribution is -1.89. The number of aromatic hydroxyl groups is 1. The molecule has 0 saturated carbocycles. The Kier molecular flexibility index (Phi) is 1.94. The lowest BCUT2D eigenvalue weighted by atomic mass is 10.1. The normalized spacial score (nSPS) is 10.9. The van der Waals surface area contributed by atoms with Crippen LogP contribution in [-0.2, 0) is 6.61 Å². The fraction of sp³-hybridized carbons (Fsp3) is 0.111. The Hall–Kier alpha value is -1.13. The fourth-order valence-corrected chi connectivity index (χ4v) is 2.15. The number of halogens is 1. The van der Waals surface area contributed by atoms with Gasteiger partial charge in [-0.05, 0) is 11.4 Å². The van der Waals surface area contributed by atoms with Crippen molar-refractivity contribution in [3.05, 3.63) is 28.9 Å². The predicted molar refractivity (Wildman–Crippen MR) is 49.4 cm³/mol. The molecule has 2 nitrogen and oxygen atoms in total. The van der Waals surface area contributed by atoms with Crippen molar-refractivity contribution in [2.75, 3.05) is 0 Å². The lowest BCUT2D eigenvalue weighted by Gasteiger charge is -2.02. The maximum atomic E-state index is 13.1. The van der Waals surface area contributed by atoms with Crippen molar-refractivity contribution < 1.29 is 14.6 Å². The molecule has 0 aliphatic heterocycles. The SMILES string of the molecule is OCc1c(F)cc(O)c2sccc12. The second-order valence-electron chi connectivity index (χ2n) is 2.68. The summed E-state index contributed by atoms with van der Waals surface area (Å²) in [5, 5.41) is 20.6. The number of phenolic OH excluding ortho intramolecular Hbond substituents is 1. The van der Waals surface area contributed by atoms with Crippen molar-refractivity contribution >= 4 is 21.4 Å². The lowest BCUT2D eigenvalue weighted by molar-refractivity contribution is 0.277. The monoisotopic (exact) mass is 198 g/mol. The summed E-state index contributed by atoms with van der Waals surface area (Å²) in [7, 11) is 0. The standard InChI is InChI=1S/C9H7FO2S/c10-7-3-8(12)9-5(1-2-13-9)6(7)4-11/h1-3,11-12H,4H2. The minimum Gasteiger partial charge on any atom is -0.506 e. The van der Waals surface area contributed by atoms with E-state index in [0.717, 1.165) is 6.07 Å². The zero-order valence-electron chi connectivity index (χ0n) is 6.62. The van der Waals surface area contributed by atoms with Gasteiger partial charge in [0.05, 0.1) is 11.3 Å². The van der Waals surface area contributed by atoms with Crippen LogP contribution in [0, 0.1) is 5.82 Å². The van der Waals surface area contributed by atoms with Gasteiger partial charge in [0.1, 0.15) is 11.6 Å². The number of hydrogen-bond donors (Lipinski definition) is 2. The molecule has 0 amide bonds. The molecular formula is C9H7FO2S. The number of phenols is 1. The van der Waals surface area contributed by atoms with Crippen molar-refractivity contribution in [3.63, 3.8) is 0 Å². The molecule has 0 bridgehead atoms. The summed E-state index contributed by atoms with van der Waals surface area (Å²) in [6, 6.07) is 2.72. The quantitative estimate of drug-likeness (QED) is 0.737. The third-order valence-electron chi connectivity index (χ3n) is 1.93. The van der Waals surface area contributed by atoms with Crippen molar-refractivity contribution in [1.29, 1.82) is 0 Å². The van der Waals surface area contributed by atoms with E-state index in [4.69, 9.17) is 5.11 Å². The zero-order valence-corrected chi connectivity index (χ0v) is 7.44. The highest BCUT2D eigenvalue weighted by atomic mass is 32.1. The van der Waals surface area contributed by atoms with Gasteiger partial charge in [-0.3, -0.25) is 0 Å². The topological polar surface area (TPSA) is 40.5 Å². The Morgan fingerprint density at radius 2 is 2.23 bits per heavy atom. The Morgan fingerprint density at radius 3 is 2.92 bits per heavy atom. The second kappa shape index (κ2) is 2.97. The molecule has 1 aromatic carbocycles. The van der Waals surface area contributed by atoms with E-state index in [2.05, 4.69) is 0 Å². The molecule has 0 aliphatic carbocycles. The van der Waals surface area contributed by atoms with Gasteiger partial charge >= 0.3 is 0 Å². The summed E-state index contributed by atoms with van der Waals surface area (Å²) in [5.41, 5.74) is 0.244. The highest BCUT2D eigenvalue weighted by Crippen LogP contribution is 2.34. The van der Waals surface area contributed by atoms with Crippen LogP contribution < -0.4 is 0 Å². The van der Waals surface area contributed by atoms with E-state index in [1.54, 1.807) is 11.4 Å². The Labute approximate surface area is 77.9 Å². The van der Waals surface area contributed by atoms with E-state index in [-0.39, 0.29) is 17.9 Å². The van der Waals surface area contributed by atoms with Crippen LogP contribution in [0.3, 0.4) is 0 Å². The van der Waals surface area contributed by atoms with Gasteiger partial charge in [-0.2, -0.15) is 0 Å². The molecule has 2 aromatic rings. The van der Waals surface area contributed by atoms with Crippen molar-refractivity contribution in [3.8, 4) is 5.75 Å². The van der Waals surface area contributed by atoms with E-state index in [1.165, 1.54) is 11.3 Å². The van der Waals surface area contributed by atoms with Crippen molar-refractivity contribution in [1.82, 2.24) is 0 Å². The molecular weight excluding hydrogens is 191 g/mol. The van der Waals surface area contributed by atoms with Gasteiger partial charge < -0.3 is 10.2 Å². The maximum Gasteiger partial charge on any atom is 0.136 e. The highest BCUT2D eigenvalue weighted by Gasteiger charge is 2.11. The van der Waals surface area contributed by atoms with Gasteiger partial charge in [-0.15, -0.1) is 11.3 Å². The van der Waals surface area contributed by atoms with E-state index in [0.29, 0.717) is 10.1 Å². The van der Waals surface area contributed by atoms with Gasteiger partial charge in [0.15, 0.2) is 0 Å². The molecule has 1 aromatic heterocycles. The van der Waals surface area contributed by atoms with Crippen LogP contribution in [0.15, 0.2) is 17.5 Å². The fourth-order valence-electron chi connectivity index (χ4n) is 1.31. The molecule has 4 heteroatoms. The minimum absolute atomic E-state index is 0.0697. The third-order valence-corrected chi connectivity index (χ3v) is 2.87. The average molecular weight is 198 g/mol. The number of fused-ring (bicyclic) bond motifs is 1. The number of thiophene rings is 1. The number of hydrogen-bond acceptors (Lipinski definition) is 3. The zero-order chi connectivity index (χ0) is 9.42. The molecule has 0 fully saturated rings. The van der Waals surface area contributed by atoms with Gasteiger partial charge in [0.25, 0.3) is 0 Å². The van der Waals surface area contributed by atoms with E-state index in [9.17, 15) is 9.50 Å². The first-order valence-electron chi connectivity index (χ1n) is 3.72. The third kappa shape index (κ3) is 1.18. The number of rotatable bonds is 1. The summed E-state index contributed by atoms with van der Waals surface area (Å²) >= 11 is 1.32. The first-order valence-corrected chi connectivity index (χ1v) is 4.60. The summed E-state index contributed by atoms with van der Waals surface area (Å²) in [6.07, 6.45) is 0. The summed E-state index contributed by atoms with van der Waals surface area (Å²) < 4.78 is 13.8. The van der Waals surface area contributed by atoms with Crippen LogP contribution >= 0.6 is 11.3 Å².